The zero-order chi connectivity index (χ0) is 31.5. The van der Waals surface area contributed by atoms with Crippen LogP contribution in [0.25, 0.3) is 0 Å². The number of carbonyl (C=O) groups is 3. The van der Waals surface area contributed by atoms with Crippen molar-refractivity contribution < 1.29 is 32.6 Å². The topological polar surface area (TPSA) is 113 Å². The Balaban J connectivity index is 1.54. The number of piperidine rings is 1. The van der Waals surface area contributed by atoms with E-state index in [-0.39, 0.29) is 35.5 Å². The van der Waals surface area contributed by atoms with E-state index in [0.717, 1.165) is 37.0 Å². The van der Waals surface area contributed by atoms with E-state index in [1.165, 1.54) is 4.90 Å². The van der Waals surface area contributed by atoms with Gasteiger partial charge in [-0.25, -0.2) is 18.6 Å². The molecule has 2 aliphatic heterocycles. The van der Waals surface area contributed by atoms with Gasteiger partial charge in [-0.2, -0.15) is 0 Å². The molecule has 2 saturated heterocycles. The van der Waals surface area contributed by atoms with Crippen LogP contribution in [0.1, 0.15) is 91.0 Å². The van der Waals surface area contributed by atoms with Crippen LogP contribution in [0.15, 0.2) is 6.20 Å². The van der Waals surface area contributed by atoms with Crippen molar-refractivity contribution in [3.8, 4) is 0 Å². The second-order valence-electron chi connectivity index (χ2n) is 13.6. The lowest BCUT2D eigenvalue weighted by atomic mass is 9.80. The summed E-state index contributed by atoms with van der Waals surface area (Å²) in [6.45, 7) is 12.4. The largest absolute Gasteiger partial charge is 0.436 e. The van der Waals surface area contributed by atoms with Gasteiger partial charge < -0.3 is 19.7 Å². The molecular weight excluding hydrogens is 580 g/mol. The Kier molecular flexibility index (Phi) is 10.7. The number of carbonyl (C=O) groups excluding carboxylic acids is 3. The minimum atomic E-state index is -2.98. The number of halogens is 2. The fourth-order valence-corrected chi connectivity index (χ4v) is 6.93. The van der Waals surface area contributed by atoms with Gasteiger partial charge in [-0.15, -0.1) is 0 Å². The number of ether oxygens (including phenoxy) is 2. The number of anilines is 1. The van der Waals surface area contributed by atoms with Gasteiger partial charge in [-0.1, -0.05) is 31.1 Å². The summed E-state index contributed by atoms with van der Waals surface area (Å²) in [5, 5.41) is 5.85. The first-order valence-corrected chi connectivity index (χ1v) is 16.2. The summed E-state index contributed by atoms with van der Waals surface area (Å²) < 4.78 is 40.6. The van der Waals surface area contributed by atoms with Gasteiger partial charge >= 0.3 is 6.09 Å². The monoisotopic (exact) mass is 627 g/mol. The highest BCUT2D eigenvalue weighted by Crippen LogP contribution is 2.37. The molecule has 4 rings (SSSR count). The average molecular weight is 628 g/mol. The summed E-state index contributed by atoms with van der Waals surface area (Å²) in [6, 6.07) is -0.624. The number of hydrogen-bond donors (Lipinski definition) is 2. The SMILES string of the molecule is CC1CCC(C(OC(=O)NC(C)(C)C)C(=O)Nc2ncc(C(CN3C[C@@H](C)OC[C@H]3C)N3CC(F)(F)CCC3=O)s2)CC1. The van der Waals surface area contributed by atoms with Gasteiger partial charge in [0.1, 0.15) is 0 Å². The lowest BCUT2D eigenvalue weighted by Crippen LogP contribution is -2.54. The van der Waals surface area contributed by atoms with Crippen LogP contribution in [0, 0.1) is 11.8 Å². The zero-order valence-corrected chi connectivity index (χ0v) is 27.0. The van der Waals surface area contributed by atoms with Crippen molar-refractivity contribution >= 4 is 34.4 Å². The Morgan fingerprint density at radius 1 is 1.21 bits per heavy atom. The Labute approximate surface area is 257 Å². The summed E-state index contributed by atoms with van der Waals surface area (Å²) in [5.74, 6) is -3.37. The maximum Gasteiger partial charge on any atom is 0.408 e. The standard InChI is InChI=1S/C30H47F2N5O5S/c1-18-7-9-21(10-8-18)25(42-28(40)35-29(4,5)6)26(39)34-27-33-13-23(43-27)22(15-36-14-20(3)41-16-19(36)2)37-17-30(31,32)12-11-24(37)38/h13,18-22,25H,7-12,14-17H2,1-6H3,(H,35,40)(H,33,34,39)/t18?,19-,20-,21?,22?,25?/m1/s1. The molecule has 3 heterocycles. The van der Waals surface area contributed by atoms with Gasteiger partial charge in [-0.05, 0) is 53.4 Å². The van der Waals surface area contributed by atoms with Crippen molar-refractivity contribution in [3.63, 3.8) is 0 Å². The van der Waals surface area contributed by atoms with Crippen LogP contribution in [0.4, 0.5) is 18.7 Å². The van der Waals surface area contributed by atoms with Crippen LogP contribution >= 0.6 is 11.3 Å². The number of alkyl halides is 2. The molecule has 3 amide bonds. The van der Waals surface area contributed by atoms with Crippen LogP contribution in [0.3, 0.4) is 0 Å². The number of hydrogen-bond acceptors (Lipinski definition) is 8. The Hall–Kier alpha value is -2.38. The zero-order valence-electron chi connectivity index (χ0n) is 26.2. The fraction of sp³-hybridized carbons (Fsp3) is 0.800. The number of aromatic nitrogens is 1. The summed E-state index contributed by atoms with van der Waals surface area (Å²) >= 11 is 1.15. The van der Waals surface area contributed by atoms with Crippen LogP contribution < -0.4 is 10.6 Å². The molecule has 0 spiro atoms. The quantitative estimate of drug-likeness (QED) is 0.407. The predicted octanol–water partition coefficient (Wildman–Crippen LogP) is 5.21. The molecule has 2 N–H and O–H groups in total. The molecule has 0 radical (unpaired) electrons. The van der Waals surface area contributed by atoms with Gasteiger partial charge in [-0.3, -0.25) is 19.8 Å². The van der Waals surface area contributed by atoms with Crippen molar-refractivity contribution in [2.45, 2.75) is 116 Å². The van der Waals surface area contributed by atoms with E-state index in [1.807, 2.05) is 34.6 Å². The Bertz CT molecular complexity index is 1140. The minimum Gasteiger partial charge on any atom is -0.436 e. The van der Waals surface area contributed by atoms with Crippen LogP contribution in [0.5, 0.6) is 0 Å². The molecule has 1 saturated carbocycles. The fourth-order valence-electron chi connectivity index (χ4n) is 6.00. The highest BCUT2D eigenvalue weighted by molar-refractivity contribution is 7.15. The van der Waals surface area contributed by atoms with E-state index >= 15 is 0 Å². The van der Waals surface area contributed by atoms with Gasteiger partial charge in [0.2, 0.25) is 5.91 Å². The summed E-state index contributed by atoms with van der Waals surface area (Å²) in [5.41, 5.74) is -0.531. The Morgan fingerprint density at radius 2 is 1.91 bits per heavy atom. The normalized spacial score (nSPS) is 28.2. The third kappa shape index (κ3) is 9.31. The number of rotatable bonds is 8. The molecule has 0 bridgehead atoms. The second kappa shape index (κ2) is 13.7. The number of alkyl carbamates (subject to hydrolysis) is 1. The smallest absolute Gasteiger partial charge is 0.408 e. The first kappa shape index (κ1) is 33.5. The van der Waals surface area contributed by atoms with Crippen molar-refractivity contribution in [1.29, 1.82) is 0 Å². The lowest BCUT2D eigenvalue weighted by Gasteiger charge is -2.43. The van der Waals surface area contributed by atoms with Gasteiger partial charge in [0, 0.05) is 49.6 Å². The first-order chi connectivity index (χ1) is 20.1. The van der Waals surface area contributed by atoms with Crippen molar-refractivity contribution in [3.05, 3.63) is 11.1 Å². The minimum absolute atomic E-state index is 0.0261. The third-order valence-corrected chi connectivity index (χ3v) is 9.50. The number of thiazole rings is 1. The van der Waals surface area contributed by atoms with Crippen molar-refractivity contribution in [2.75, 3.05) is 31.6 Å². The molecule has 43 heavy (non-hydrogen) atoms. The molecule has 1 aromatic heterocycles. The summed E-state index contributed by atoms with van der Waals surface area (Å²) in [6.07, 6.45) is 2.56. The van der Waals surface area contributed by atoms with E-state index in [4.69, 9.17) is 9.47 Å². The van der Waals surface area contributed by atoms with Crippen LogP contribution in [0.2, 0.25) is 0 Å². The molecule has 3 aliphatic rings. The molecule has 13 heteroatoms. The number of likely N-dealkylation sites (tertiary alicyclic amines) is 1. The first-order valence-electron chi connectivity index (χ1n) is 15.4. The van der Waals surface area contributed by atoms with E-state index < -0.39 is 48.6 Å². The maximum absolute atomic E-state index is 14.6. The maximum atomic E-state index is 14.6. The van der Waals surface area contributed by atoms with E-state index in [1.54, 1.807) is 6.20 Å². The molecule has 242 valence electrons. The Morgan fingerprint density at radius 3 is 2.58 bits per heavy atom. The lowest BCUT2D eigenvalue weighted by molar-refractivity contribution is -0.153. The molecular formula is C30H47F2N5O5S. The molecule has 0 aromatic carbocycles. The number of morpholine rings is 1. The number of amides is 3. The molecule has 1 aromatic rings. The van der Waals surface area contributed by atoms with Crippen LogP contribution in [-0.4, -0.2) is 88.6 Å². The van der Waals surface area contributed by atoms with Gasteiger partial charge in [0.25, 0.3) is 11.8 Å². The second-order valence-corrected chi connectivity index (χ2v) is 14.7. The molecule has 2 unspecified atom stereocenters. The molecule has 1 aliphatic carbocycles. The van der Waals surface area contributed by atoms with E-state index in [0.29, 0.717) is 30.5 Å². The molecule has 4 atom stereocenters. The van der Waals surface area contributed by atoms with Crippen molar-refractivity contribution in [1.82, 2.24) is 20.1 Å². The summed E-state index contributed by atoms with van der Waals surface area (Å²) in [4.78, 5) is 47.6. The molecule has 10 nitrogen and oxygen atoms in total. The molecule has 3 fully saturated rings. The average Bonchev–Trinajstić information content (AvgIpc) is 3.37. The van der Waals surface area contributed by atoms with Gasteiger partial charge in [0.05, 0.1) is 30.2 Å². The third-order valence-electron chi connectivity index (χ3n) is 8.49. The van der Waals surface area contributed by atoms with Gasteiger partial charge in [0.15, 0.2) is 11.2 Å². The highest BCUT2D eigenvalue weighted by atomic mass is 32.1. The number of nitrogens with one attached hydrogen (secondary N) is 2. The predicted molar refractivity (Wildman–Crippen MR) is 160 cm³/mol. The van der Waals surface area contributed by atoms with Crippen molar-refractivity contribution in [2.24, 2.45) is 11.8 Å². The van der Waals surface area contributed by atoms with E-state index in [9.17, 15) is 23.2 Å². The number of nitrogens with zero attached hydrogens (tertiary/aromatic N) is 3. The highest BCUT2D eigenvalue weighted by Gasteiger charge is 2.44. The van der Waals surface area contributed by atoms with E-state index in [2.05, 4.69) is 27.4 Å². The van der Waals surface area contributed by atoms with Crippen LogP contribution in [-0.2, 0) is 19.1 Å². The summed E-state index contributed by atoms with van der Waals surface area (Å²) in [7, 11) is 0.